The van der Waals surface area contributed by atoms with Crippen LogP contribution in [0.1, 0.15) is 24.4 Å². The highest BCUT2D eigenvalue weighted by molar-refractivity contribution is 6.33. The molecule has 0 amide bonds. The summed E-state index contributed by atoms with van der Waals surface area (Å²) in [7, 11) is 3.28. The van der Waals surface area contributed by atoms with Crippen molar-refractivity contribution in [3.8, 4) is 17.4 Å². The Morgan fingerprint density at radius 2 is 2.00 bits per heavy atom. The second-order valence-electron chi connectivity index (χ2n) is 7.60. The van der Waals surface area contributed by atoms with Gasteiger partial charge in [-0.05, 0) is 43.2 Å². The number of aromatic nitrogens is 4. The number of nitrogens with zero attached hydrogens (tertiary/aromatic N) is 4. The van der Waals surface area contributed by atoms with Gasteiger partial charge in [0.25, 0.3) is 5.56 Å². The number of hydrogen-bond donors (Lipinski definition) is 1. The Bertz CT molecular complexity index is 1320. The molecule has 1 aliphatic rings. The molecule has 0 radical (unpaired) electrons. The largest absolute Gasteiger partial charge is 0.497 e. The number of para-hydroxylation sites is 2. The molecule has 8 nitrogen and oxygen atoms in total. The van der Waals surface area contributed by atoms with Gasteiger partial charge >= 0.3 is 0 Å². The molecular weight excluding hydrogens is 430 g/mol. The molecule has 9 heteroatoms. The molecule has 1 aliphatic heterocycles. The van der Waals surface area contributed by atoms with Gasteiger partial charge in [-0.15, -0.1) is 0 Å². The minimum absolute atomic E-state index is 0.0131. The number of hydrogen-bond acceptors (Lipinski definition) is 6. The van der Waals surface area contributed by atoms with Gasteiger partial charge in [0.2, 0.25) is 5.95 Å². The lowest BCUT2D eigenvalue weighted by Crippen LogP contribution is -2.29. The van der Waals surface area contributed by atoms with E-state index in [0.717, 1.165) is 47.5 Å². The van der Waals surface area contributed by atoms with E-state index in [1.54, 1.807) is 20.4 Å². The number of halogens is 1. The van der Waals surface area contributed by atoms with Gasteiger partial charge < -0.3 is 19.4 Å². The average Bonchev–Trinajstić information content (AvgIpc) is 3.47. The van der Waals surface area contributed by atoms with E-state index in [9.17, 15) is 4.79 Å². The monoisotopic (exact) mass is 451 g/mol. The van der Waals surface area contributed by atoms with E-state index in [4.69, 9.17) is 21.1 Å². The molecule has 1 atom stereocenters. The first-order valence-corrected chi connectivity index (χ1v) is 10.7. The van der Waals surface area contributed by atoms with E-state index in [-0.39, 0.29) is 11.1 Å². The van der Waals surface area contributed by atoms with Crippen LogP contribution in [0.25, 0.3) is 17.0 Å². The molecule has 164 valence electrons. The minimum Gasteiger partial charge on any atom is -0.497 e. The Morgan fingerprint density at radius 1 is 1.16 bits per heavy atom. The van der Waals surface area contributed by atoms with Gasteiger partial charge in [-0.1, -0.05) is 23.7 Å². The quantitative estimate of drug-likeness (QED) is 0.491. The second-order valence-corrected chi connectivity index (χ2v) is 7.98. The lowest BCUT2D eigenvalue weighted by molar-refractivity contribution is 0.395. The molecule has 2 aromatic heterocycles. The van der Waals surface area contributed by atoms with Crippen LogP contribution in [0.3, 0.4) is 0 Å². The van der Waals surface area contributed by atoms with Crippen LogP contribution in [-0.4, -0.2) is 40.5 Å². The number of rotatable bonds is 5. The summed E-state index contributed by atoms with van der Waals surface area (Å²) in [5.41, 5.74) is 2.73. The fourth-order valence-corrected chi connectivity index (χ4v) is 4.53. The average molecular weight is 452 g/mol. The van der Waals surface area contributed by atoms with Crippen LogP contribution in [0.5, 0.6) is 11.5 Å². The van der Waals surface area contributed by atoms with Crippen LogP contribution < -0.4 is 19.9 Å². The number of aromatic amines is 1. The van der Waals surface area contributed by atoms with Crippen molar-refractivity contribution in [1.29, 1.82) is 0 Å². The minimum atomic E-state index is -0.425. The van der Waals surface area contributed by atoms with Crippen molar-refractivity contribution < 1.29 is 9.47 Å². The lowest BCUT2D eigenvalue weighted by Gasteiger charge is -2.28. The van der Waals surface area contributed by atoms with Crippen LogP contribution >= 0.6 is 11.6 Å². The van der Waals surface area contributed by atoms with E-state index in [0.29, 0.717) is 11.6 Å². The first-order chi connectivity index (χ1) is 15.6. The maximum atomic E-state index is 13.1. The van der Waals surface area contributed by atoms with E-state index in [1.807, 2.05) is 42.5 Å². The third-order valence-electron chi connectivity index (χ3n) is 5.84. The van der Waals surface area contributed by atoms with Crippen molar-refractivity contribution in [2.24, 2.45) is 0 Å². The van der Waals surface area contributed by atoms with E-state index in [2.05, 4.69) is 20.0 Å². The van der Waals surface area contributed by atoms with Gasteiger partial charge in [0.1, 0.15) is 16.5 Å². The third kappa shape index (κ3) is 3.36. The fourth-order valence-electron chi connectivity index (χ4n) is 4.29. The van der Waals surface area contributed by atoms with Crippen molar-refractivity contribution in [1.82, 2.24) is 19.7 Å². The number of ether oxygens (including phenoxy) is 2. The zero-order valence-electron chi connectivity index (χ0n) is 17.7. The summed E-state index contributed by atoms with van der Waals surface area (Å²) in [6.07, 6.45) is 3.47. The molecule has 0 spiro atoms. The van der Waals surface area contributed by atoms with Crippen LogP contribution in [0, 0.1) is 0 Å². The summed E-state index contributed by atoms with van der Waals surface area (Å²) in [6.45, 7) is 0.751. The van der Waals surface area contributed by atoms with Crippen molar-refractivity contribution in [3.05, 3.63) is 69.6 Å². The molecule has 2 aromatic carbocycles. The zero-order chi connectivity index (χ0) is 22.2. The number of anilines is 1. The Labute approximate surface area is 189 Å². The number of H-pyrrole nitrogens is 1. The van der Waals surface area contributed by atoms with Gasteiger partial charge in [0, 0.05) is 12.1 Å². The first-order valence-electron chi connectivity index (χ1n) is 10.3. The second kappa shape index (κ2) is 8.20. The van der Waals surface area contributed by atoms with Crippen molar-refractivity contribution >= 4 is 28.3 Å². The van der Waals surface area contributed by atoms with Crippen LogP contribution in [0.2, 0.25) is 5.02 Å². The Kier molecular flexibility index (Phi) is 5.22. The number of imidazole rings is 1. The molecule has 0 saturated carbocycles. The topological polar surface area (TPSA) is 85.3 Å². The van der Waals surface area contributed by atoms with Crippen LogP contribution in [0.4, 0.5) is 5.69 Å². The molecule has 3 heterocycles. The van der Waals surface area contributed by atoms with Crippen LogP contribution in [0.15, 0.2) is 53.5 Å². The highest BCUT2D eigenvalue weighted by atomic mass is 35.5. The van der Waals surface area contributed by atoms with Gasteiger partial charge in [0.15, 0.2) is 0 Å². The summed E-state index contributed by atoms with van der Waals surface area (Å²) in [5, 5.41) is 4.49. The maximum absolute atomic E-state index is 13.1. The highest BCUT2D eigenvalue weighted by Gasteiger charge is 2.31. The highest BCUT2D eigenvalue weighted by Crippen LogP contribution is 2.42. The normalized spacial score (nSPS) is 16.0. The predicted molar refractivity (Wildman–Crippen MR) is 123 cm³/mol. The summed E-state index contributed by atoms with van der Waals surface area (Å²) in [6, 6.07) is 13.3. The smallest absolute Gasteiger partial charge is 0.295 e. The number of methoxy groups -OCH3 is 2. The molecule has 1 N–H and O–H groups in total. The van der Waals surface area contributed by atoms with Crippen LogP contribution in [-0.2, 0) is 0 Å². The third-order valence-corrected chi connectivity index (χ3v) is 6.19. The SMILES string of the molecule is COc1ccc(OC)c([C@@H]2CCCN2c2cnn(-c3nc4ccccc4[nH]3)c(=O)c2Cl)c1. The lowest BCUT2D eigenvalue weighted by atomic mass is 10.0. The summed E-state index contributed by atoms with van der Waals surface area (Å²) in [4.78, 5) is 22.8. The Hall–Kier alpha value is -3.52. The standard InChI is InChI=1S/C23H22ClN5O3/c1-31-14-9-10-20(32-2)15(12-14)18-8-5-11-28(18)19-13-25-29(22(30)21(19)24)23-26-16-6-3-4-7-17(16)27-23/h3-4,6-7,9-10,12-13,18H,5,8,11H2,1-2H3,(H,26,27)/t18-/m0/s1. The van der Waals surface area contributed by atoms with E-state index < -0.39 is 5.56 Å². The van der Waals surface area contributed by atoms with Crippen molar-refractivity contribution in [2.75, 3.05) is 25.7 Å². The predicted octanol–water partition coefficient (Wildman–Crippen LogP) is 4.12. The van der Waals surface area contributed by atoms with Gasteiger partial charge in [-0.25, -0.2) is 4.98 Å². The molecule has 0 bridgehead atoms. The fraction of sp³-hybridized carbons (Fsp3) is 0.261. The molecule has 1 fully saturated rings. The molecule has 1 saturated heterocycles. The van der Waals surface area contributed by atoms with E-state index >= 15 is 0 Å². The summed E-state index contributed by atoms with van der Waals surface area (Å²) >= 11 is 6.60. The van der Waals surface area contributed by atoms with Crippen molar-refractivity contribution in [3.63, 3.8) is 0 Å². The molecule has 0 unspecified atom stereocenters. The zero-order valence-corrected chi connectivity index (χ0v) is 18.5. The number of benzene rings is 2. The molecule has 4 aromatic rings. The van der Waals surface area contributed by atoms with Crippen molar-refractivity contribution in [2.45, 2.75) is 18.9 Å². The maximum Gasteiger partial charge on any atom is 0.295 e. The Morgan fingerprint density at radius 3 is 2.78 bits per heavy atom. The van der Waals surface area contributed by atoms with E-state index in [1.165, 1.54) is 4.68 Å². The molecule has 5 rings (SSSR count). The Balaban J connectivity index is 1.55. The molecular formula is C23H22ClN5O3. The van der Waals surface area contributed by atoms with Gasteiger partial charge in [0.05, 0.1) is 43.2 Å². The number of nitrogens with one attached hydrogen (secondary N) is 1. The van der Waals surface area contributed by atoms with Gasteiger partial charge in [-0.2, -0.15) is 9.78 Å². The first kappa shape index (κ1) is 20.4. The number of fused-ring (bicyclic) bond motifs is 1. The summed E-state index contributed by atoms with van der Waals surface area (Å²) < 4.78 is 12.2. The molecule has 32 heavy (non-hydrogen) atoms. The summed E-state index contributed by atoms with van der Waals surface area (Å²) in [5.74, 6) is 1.84. The molecule has 0 aliphatic carbocycles. The van der Waals surface area contributed by atoms with Gasteiger partial charge in [-0.3, -0.25) is 4.79 Å².